The highest BCUT2D eigenvalue weighted by atomic mass is 19.1. The lowest BCUT2D eigenvalue weighted by molar-refractivity contribution is 0.445. The molecule has 0 fully saturated rings. The van der Waals surface area contributed by atoms with Gasteiger partial charge in [-0.1, -0.05) is 24.3 Å². The Balaban J connectivity index is 0.000000158. The van der Waals surface area contributed by atoms with Crippen LogP contribution in [0.5, 0.6) is 0 Å². The van der Waals surface area contributed by atoms with Gasteiger partial charge >= 0.3 is 0 Å². The molecule has 312 valence electrons. The molecule has 8 aromatic rings. The van der Waals surface area contributed by atoms with Crippen molar-refractivity contribution in [1.29, 1.82) is 0 Å². The van der Waals surface area contributed by atoms with Gasteiger partial charge in [0.05, 0.1) is 11.4 Å². The number of rotatable bonds is 8. The largest absolute Gasteiger partial charge is 0.290 e. The Kier molecular flexibility index (Phi) is 11.3. The van der Waals surface area contributed by atoms with Gasteiger partial charge in [-0.2, -0.15) is 10.2 Å². The van der Waals surface area contributed by atoms with Crippen LogP contribution in [0.25, 0.3) is 35.9 Å². The predicted molar refractivity (Wildman–Crippen MR) is 235 cm³/mol. The van der Waals surface area contributed by atoms with Crippen LogP contribution in [0.3, 0.4) is 0 Å². The van der Waals surface area contributed by atoms with Crippen molar-refractivity contribution in [3.05, 3.63) is 178 Å². The Bertz CT molecular complexity index is 2700. The summed E-state index contributed by atoms with van der Waals surface area (Å²) in [6, 6.07) is 17.6. The molecule has 6 aromatic heterocycles. The summed E-state index contributed by atoms with van der Waals surface area (Å²) >= 11 is 0. The number of aryl methyl sites for hydroxylation is 6. The number of halogens is 2. The average Bonchev–Trinajstić information content (AvgIpc) is 4.10. The molecule has 0 amide bonds. The Labute approximate surface area is 358 Å². The van der Waals surface area contributed by atoms with E-state index in [1.807, 2.05) is 120 Å². The summed E-state index contributed by atoms with van der Waals surface area (Å²) < 4.78 is 34.4. The summed E-state index contributed by atoms with van der Waals surface area (Å²) in [7, 11) is 0. The van der Waals surface area contributed by atoms with E-state index in [2.05, 4.69) is 42.3 Å². The maximum absolute atomic E-state index is 13.3. The van der Waals surface area contributed by atoms with E-state index in [1.54, 1.807) is 12.7 Å². The van der Waals surface area contributed by atoms with Gasteiger partial charge in [0.25, 0.3) is 0 Å². The predicted octanol–water partition coefficient (Wildman–Crippen LogP) is 9.42. The molecule has 2 aliphatic rings. The Morgan fingerprint density at radius 2 is 0.968 bits per heavy atom. The molecule has 2 atom stereocenters. The van der Waals surface area contributed by atoms with Gasteiger partial charge < -0.3 is 0 Å². The van der Waals surface area contributed by atoms with Gasteiger partial charge in [-0.25, -0.2) is 48.0 Å². The molecule has 12 nitrogen and oxygen atoms in total. The molecule has 0 saturated carbocycles. The highest BCUT2D eigenvalue weighted by Crippen LogP contribution is 2.34. The second-order valence-electron chi connectivity index (χ2n) is 15.9. The van der Waals surface area contributed by atoms with Crippen LogP contribution >= 0.6 is 0 Å². The minimum absolute atomic E-state index is 0.144. The molecule has 8 heterocycles. The second-order valence-corrected chi connectivity index (χ2v) is 15.9. The van der Waals surface area contributed by atoms with E-state index in [1.165, 1.54) is 24.3 Å². The maximum atomic E-state index is 13.3. The SMILES string of the molecule is Cc1cn(-c2ncc(/C=C/c3nc4n(n3)CCC[C@@H]4c3ccc(F)cc3)cc2C)cn1.Cc1cn(-c2ncc(/C=C/c3nc4n(n3)CCC[C@H]4c3ccc(F)cc3)cc2C)cn1. The van der Waals surface area contributed by atoms with Crippen molar-refractivity contribution >= 4 is 24.3 Å². The fourth-order valence-electron chi connectivity index (χ4n) is 8.22. The van der Waals surface area contributed by atoms with Gasteiger partial charge in [0.2, 0.25) is 0 Å². The molecule has 2 aliphatic heterocycles. The smallest absolute Gasteiger partial charge is 0.174 e. The Hall–Kier alpha value is -7.22. The van der Waals surface area contributed by atoms with Gasteiger partial charge in [0, 0.05) is 49.7 Å². The minimum Gasteiger partial charge on any atom is -0.290 e. The molecule has 62 heavy (non-hydrogen) atoms. The molecule has 14 heteroatoms. The van der Waals surface area contributed by atoms with E-state index >= 15 is 0 Å². The highest BCUT2D eigenvalue weighted by Gasteiger charge is 2.26. The number of hydrogen-bond donors (Lipinski definition) is 0. The summed E-state index contributed by atoms with van der Waals surface area (Å²) in [5.74, 6) is 4.83. The van der Waals surface area contributed by atoms with Crippen LogP contribution < -0.4 is 0 Å². The molecule has 0 bridgehead atoms. The van der Waals surface area contributed by atoms with Crippen LogP contribution in [0.1, 0.15) is 106 Å². The number of pyridine rings is 2. The highest BCUT2D eigenvalue weighted by molar-refractivity contribution is 5.68. The van der Waals surface area contributed by atoms with Crippen molar-refractivity contribution in [2.75, 3.05) is 0 Å². The molecule has 0 radical (unpaired) electrons. The standard InChI is InChI=1S/2C24H23FN6/c2*1-16-12-18(13-26-23(16)30-14-17(2)27-15-30)5-10-22-28-24-21(4-3-11-31(24)29-22)19-6-8-20(25)9-7-19/h2*5-10,12-15,21H,3-4,11H2,1-2H3/b2*10-5+/t2*21-/m10/s1. The van der Waals surface area contributed by atoms with Gasteiger partial charge in [0.1, 0.15) is 47.6 Å². The zero-order valence-corrected chi connectivity index (χ0v) is 35.1. The fourth-order valence-corrected chi connectivity index (χ4v) is 8.22. The molecule has 0 saturated heterocycles. The summed E-state index contributed by atoms with van der Waals surface area (Å²) in [5, 5.41) is 9.32. The molecular formula is C48H46F2N12. The molecule has 0 spiro atoms. The van der Waals surface area contributed by atoms with Crippen molar-refractivity contribution in [1.82, 2.24) is 58.6 Å². The quantitative estimate of drug-likeness (QED) is 0.149. The average molecular weight is 829 g/mol. The van der Waals surface area contributed by atoms with Crippen molar-refractivity contribution in [2.24, 2.45) is 0 Å². The zero-order valence-electron chi connectivity index (χ0n) is 35.1. The van der Waals surface area contributed by atoms with Crippen molar-refractivity contribution < 1.29 is 8.78 Å². The number of fused-ring (bicyclic) bond motifs is 2. The van der Waals surface area contributed by atoms with Crippen molar-refractivity contribution in [2.45, 2.75) is 78.3 Å². The maximum Gasteiger partial charge on any atom is 0.174 e. The zero-order chi connectivity index (χ0) is 42.7. The minimum atomic E-state index is -0.220. The van der Waals surface area contributed by atoms with E-state index in [-0.39, 0.29) is 23.5 Å². The molecular weight excluding hydrogens is 783 g/mol. The first-order chi connectivity index (χ1) is 30.1. The third-order valence-corrected chi connectivity index (χ3v) is 11.2. The number of benzene rings is 2. The first kappa shape index (κ1) is 40.2. The molecule has 0 unspecified atom stereocenters. The number of aromatic nitrogens is 12. The lowest BCUT2D eigenvalue weighted by Gasteiger charge is -2.22. The third-order valence-electron chi connectivity index (χ3n) is 11.2. The van der Waals surface area contributed by atoms with Crippen LogP contribution in [0, 0.1) is 39.3 Å². The number of nitrogens with zero attached hydrogens (tertiary/aromatic N) is 12. The molecule has 2 aromatic carbocycles. The first-order valence-corrected chi connectivity index (χ1v) is 20.9. The third kappa shape index (κ3) is 8.80. The van der Waals surface area contributed by atoms with Gasteiger partial charge in [-0.05, 0) is 147 Å². The fraction of sp³-hybridized carbons (Fsp3) is 0.250. The lowest BCUT2D eigenvalue weighted by Crippen LogP contribution is -2.17. The van der Waals surface area contributed by atoms with Crippen LogP contribution in [0.4, 0.5) is 8.78 Å². The summed E-state index contributed by atoms with van der Waals surface area (Å²) in [6.45, 7) is 9.70. The van der Waals surface area contributed by atoms with Gasteiger partial charge in [-0.15, -0.1) is 0 Å². The van der Waals surface area contributed by atoms with Crippen LogP contribution in [0.2, 0.25) is 0 Å². The van der Waals surface area contributed by atoms with E-state index in [9.17, 15) is 8.78 Å². The lowest BCUT2D eigenvalue weighted by atomic mass is 9.91. The summed E-state index contributed by atoms with van der Waals surface area (Å²) in [4.78, 5) is 27.3. The molecule has 10 rings (SSSR count). The van der Waals surface area contributed by atoms with Crippen LogP contribution in [0.15, 0.2) is 98.1 Å². The second kappa shape index (κ2) is 17.4. The number of imidazole rings is 2. The Morgan fingerprint density at radius 3 is 1.34 bits per heavy atom. The van der Waals surface area contributed by atoms with Gasteiger partial charge in [0.15, 0.2) is 11.6 Å². The van der Waals surface area contributed by atoms with E-state index in [0.717, 1.165) is 107 Å². The van der Waals surface area contributed by atoms with E-state index < -0.39 is 0 Å². The monoisotopic (exact) mass is 828 g/mol. The first-order valence-electron chi connectivity index (χ1n) is 20.9. The topological polar surface area (TPSA) is 123 Å². The normalized spacial score (nSPS) is 16.0. The van der Waals surface area contributed by atoms with Crippen molar-refractivity contribution in [3.8, 4) is 11.6 Å². The van der Waals surface area contributed by atoms with Crippen LogP contribution in [-0.4, -0.2) is 58.6 Å². The van der Waals surface area contributed by atoms with Crippen LogP contribution in [-0.2, 0) is 13.1 Å². The Morgan fingerprint density at radius 1 is 0.548 bits per heavy atom. The number of hydrogen-bond acceptors (Lipinski definition) is 8. The van der Waals surface area contributed by atoms with E-state index in [4.69, 9.17) is 9.97 Å². The molecule has 0 aliphatic carbocycles. The summed E-state index contributed by atoms with van der Waals surface area (Å²) in [6.07, 6.45) is 23.0. The van der Waals surface area contributed by atoms with E-state index in [0.29, 0.717) is 11.6 Å². The van der Waals surface area contributed by atoms with Gasteiger partial charge in [-0.3, -0.25) is 9.13 Å². The molecule has 0 N–H and O–H groups in total. The summed E-state index contributed by atoms with van der Waals surface area (Å²) in [5.41, 5.74) is 8.17. The van der Waals surface area contributed by atoms with Crippen molar-refractivity contribution in [3.63, 3.8) is 0 Å².